The molecule has 3 rings (SSSR count). The number of thiazole rings is 1. The summed E-state index contributed by atoms with van der Waals surface area (Å²) in [6.07, 6.45) is 0. The maximum Gasteiger partial charge on any atom is 0.307 e. The third kappa shape index (κ3) is 3.00. The molecule has 126 valence electrons. The molecular weight excluding hydrogens is 372 g/mol. The number of hydrogen-bond donors (Lipinski definition) is 1. The fourth-order valence-corrected chi connectivity index (χ4v) is 4.60. The van der Waals surface area contributed by atoms with Crippen LogP contribution in [0.2, 0.25) is 5.02 Å². The van der Waals surface area contributed by atoms with Gasteiger partial charge in [-0.2, -0.15) is 0 Å². The molecule has 2 aromatic carbocycles. The molecule has 6 nitrogen and oxygen atoms in total. The first-order chi connectivity index (χ1) is 11.3. The molecule has 0 fully saturated rings. The Morgan fingerprint density at radius 2 is 1.96 bits per heavy atom. The van der Waals surface area contributed by atoms with Crippen LogP contribution in [-0.2, 0) is 17.1 Å². The Kier molecular flexibility index (Phi) is 4.29. The highest BCUT2D eigenvalue weighted by molar-refractivity contribution is 7.92. The van der Waals surface area contributed by atoms with Gasteiger partial charge in [0, 0.05) is 12.1 Å². The summed E-state index contributed by atoms with van der Waals surface area (Å²) < 4.78 is 35.1. The molecule has 0 atom stereocenters. The lowest BCUT2D eigenvalue weighted by Gasteiger charge is -2.12. The Morgan fingerprint density at radius 3 is 2.67 bits per heavy atom. The summed E-state index contributed by atoms with van der Waals surface area (Å²) in [6.45, 7) is 0. The summed E-state index contributed by atoms with van der Waals surface area (Å²) in [5.41, 5.74) is 1.00. The van der Waals surface area contributed by atoms with Crippen LogP contribution < -0.4 is 14.3 Å². The van der Waals surface area contributed by atoms with E-state index in [4.69, 9.17) is 16.3 Å². The lowest BCUT2D eigenvalue weighted by atomic mass is 10.3. The molecule has 0 aliphatic carbocycles. The van der Waals surface area contributed by atoms with Gasteiger partial charge in [0.2, 0.25) is 0 Å². The quantitative estimate of drug-likeness (QED) is 0.749. The largest absolute Gasteiger partial charge is 0.495 e. The zero-order chi connectivity index (χ0) is 17.5. The zero-order valence-electron chi connectivity index (χ0n) is 12.7. The number of sulfonamides is 1. The first-order valence-corrected chi connectivity index (χ1v) is 9.45. The summed E-state index contributed by atoms with van der Waals surface area (Å²) >= 11 is 7.00. The van der Waals surface area contributed by atoms with Gasteiger partial charge in [-0.3, -0.25) is 9.52 Å². The third-order valence-corrected chi connectivity index (χ3v) is 6.11. The van der Waals surface area contributed by atoms with Crippen LogP contribution in [0.4, 0.5) is 5.69 Å². The maximum atomic E-state index is 12.6. The van der Waals surface area contributed by atoms with Gasteiger partial charge in [-0.15, -0.1) is 0 Å². The minimum absolute atomic E-state index is 0.0585. The highest BCUT2D eigenvalue weighted by Gasteiger charge is 2.20. The van der Waals surface area contributed by atoms with Gasteiger partial charge in [0.15, 0.2) is 0 Å². The van der Waals surface area contributed by atoms with Crippen LogP contribution in [0, 0.1) is 0 Å². The van der Waals surface area contributed by atoms with E-state index in [2.05, 4.69) is 4.72 Å². The number of fused-ring (bicyclic) bond motifs is 1. The molecule has 0 bridgehead atoms. The fourth-order valence-electron chi connectivity index (χ4n) is 2.26. The number of nitrogens with one attached hydrogen (secondary N) is 1. The second kappa shape index (κ2) is 6.12. The van der Waals surface area contributed by atoms with Crippen molar-refractivity contribution in [2.24, 2.45) is 7.05 Å². The third-order valence-electron chi connectivity index (χ3n) is 3.46. The molecule has 0 spiro atoms. The minimum Gasteiger partial charge on any atom is -0.495 e. The molecule has 1 heterocycles. The summed E-state index contributed by atoms with van der Waals surface area (Å²) in [5.74, 6) is 0.191. The van der Waals surface area contributed by atoms with Crippen LogP contribution in [0.15, 0.2) is 46.1 Å². The number of halogens is 1. The standard InChI is InChI=1S/C15H13ClN2O4S2/c1-18-11-8-10(4-6-13(11)23-15(18)19)17-24(20,21)14-7-9(16)3-5-12(14)22-2/h3-8,17H,1-2H3. The Balaban J connectivity index is 2.05. The number of nitrogens with zero attached hydrogens (tertiary/aromatic N) is 1. The van der Waals surface area contributed by atoms with Gasteiger partial charge in [0.1, 0.15) is 10.6 Å². The fraction of sp³-hybridized carbons (Fsp3) is 0.133. The van der Waals surface area contributed by atoms with E-state index in [0.29, 0.717) is 11.2 Å². The van der Waals surface area contributed by atoms with Crippen molar-refractivity contribution in [3.05, 3.63) is 51.1 Å². The molecule has 0 amide bonds. The van der Waals surface area contributed by atoms with Gasteiger partial charge >= 0.3 is 4.87 Å². The van der Waals surface area contributed by atoms with E-state index in [1.165, 1.54) is 23.8 Å². The average Bonchev–Trinajstić information content (AvgIpc) is 2.82. The topological polar surface area (TPSA) is 77.4 Å². The van der Waals surface area contributed by atoms with Crippen LogP contribution in [0.1, 0.15) is 0 Å². The second-order valence-electron chi connectivity index (χ2n) is 5.01. The Labute approximate surface area is 147 Å². The number of benzene rings is 2. The van der Waals surface area contributed by atoms with Crippen molar-refractivity contribution in [1.82, 2.24) is 4.57 Å². The van der Waals surface area contributed by atoms with E-state index in [9.17, 15) is 13.2 Å². The number of hydrogen-bond acceptors (Lipinski definition) is 5. The van der Waals surface area contributed by atoms with E-state index >= 15 is 0 Å². The lowest BCUT2D eigenvalue weighted by molar-refractivity contribution is 0.403. The Hall–Kier alpha value is -2.03. The number of rotatable bonds is 4. The zero-order valence-corrected chi connectivity index (χ0v) is 15.1. The van der Waals surface area contributed by atoms with Gasteiger partial charge in [0.05, 0.1) is 23.0 Å². The van der Waals surface area contributed by atoms with Crippen molar-refractivity contribution in [3.63, 3.8) is 0 Å². The van der Waals surface area contributed by atoms with E-state index in [0.717, 1.165) is 16.0 Å². The number of anilines is 1. The normalized spacial score (nSPS) is 11.6. The van der Waals surface area contributed by atoms with Crippen LogP contribution in [-0.4, -0.2) is 20.1 Å². The summed E-state index contributed by atoms with van der Waals surface area (Å²) in [4.78, 5) is 11.5. The second-order valence-corrected chi connectivity index (χ2v) is 8.09. The predicted octanol–water partition coefficient (Wildman–Crippen LogP) is 3.06. The molecule has 0 aliphatic rings. The van der Waals surface area contributed by atoms with E-state index in [1.807, 2.05) is 0 Å². The van der Waals surface area contributed by atoms with Crippen molar-refractivity contribution < 1.29 is 13.2 Å². The van der Waals surface area contributed by atoms with Crippen molar-refractivity contribution in [1.29, 1.82) is 0 Å². The monoisotopic (exact) mass is 384 g/mol. The van der Waals surface area contributed by atoms with Crippen LogP contribution in [0.5, 0.6) is 5.75 Å². The Morgan fingerprint density at radius 1 is 1.21 bits per heavy atom. The highest BCUT2D eigenvalue weighted by atomic mass is 35.5. The van der Waals surface area contributed by atoms with Crippen molar-refractivity contribution >= 4 is 48.9 Å². The Bertz CT molecular complexity index is 1090. The van der Waals surface area contributed by atoms with E-state index in [1.54, 1.807) is 31.3 Å². The minimum atomic E-state index is -3.90. The predicted molar refractivity (Wildman–Crippen MR) is 95.9 cm³/mol. The van der Waals surface area contributed by atoms with Crippen LogP contribution >= 0.6 is 22.9 Å². The van der Waals surface area contributed by atoms with Crippen molar-refractivity contribution in [2.45, 2.75) is 4.90 Å². The molecule has 0 saturated carbocycles. The van der Waals surface area contributed by atoms with E-state index < -0.39 is 10.0 Å². The van der Waals surface area contributed by atoms with Gasteiger partial charge in [-0.1, -0.05) is 22.9 Å². The first kappa shape index (κ1) is 16.8. The summed E-state index contributed by atoms with van der Waals surface area (Å²) in [5, 5.41) is 0.284. The van der Waals surface area contributed by atoms with Crippen LogP contribution in [0.25, 0.3) is 10.2 Å². The molecule has 3 aromatic rings. The first-order valence-electron chi connectivity index (χ1n) is 6.78. The molecule has 1 N–H and O–H groups in total. The van der Waals surface area contributed by atoms with Gasteiger partial charge in [-0.25, -0.2) is 8.42 Å². The molecule has 0 saturated heterocycles. The van der Waals surface area contributed by atoms with E-state index in [-0.39, 0.29) is 20.5 Å². The molecular formula is C15H13ClN2O4S2. The highest BCUT2D eigenvalue weighted by Crippen LogP contribution is 2.29. The molecule has 0 unspecified atom stereocenters. The molecule has 0 radical (unpaired) electrons. The molecule has 1 aromatic heterocycles. The molecule has 0 aliphatic heterocycles. The maximum absolute atomic E-state index is 12.6. The smallest absolute Gasteiger partial charge is 0.307 e. The average molecular weight is 385 g/mol. The van der Waals surface area contributed by atoms with Gasteiger partial charge in [-0.05, 0) is 36.4 Å². The number of ether oxygens (including phenoxy) is 1. The van der Waals surface area contributed by atoms with Crippen molar-refractivity contribution in [2.75, 3.05) is 11.8 Å². The summed E-state index contributed by atoms with van der Waals surface area (Å²) in [6, 6.07) is 9.28. The molecule has 24 heavy (non-hydrogen) atoms. The van der Waals surface area contributed by atoms with Crippen molar-refractivity contribution in [3.8, 4) is 5.75 Å². The number of aromatic nitrogens is 1. The molecule has 9 heteroatoms. The number of aryl methyl sites for hydroxylation is 1. The van der Waals surface area contributed by atoms with Gasteiger partial charge < -0.3 is 9.30 Å². The lowest BCUT2D eigenvalue weighted by Crippen LogP contribution is -2.14. The SMILES string of the molecule is COc1ccc(Cl)cc1S(=O)(=O)Nc1ccc2sc(=O)n(C)c2c1. The van der Waals surface area contributed by atoms with Crippen LogP contribution in [0.3, 0.4) is 0 Å². The number of methoxy groups -OCH3 is 1. The van der Waals surface area contributed by atoms with Gasteiger partial charge in [0.25, 0.3) is 10.0 Å². The summed E-state index contributed by atoms with van der Waals surface area (Å²) in [7, 11) is -0.874.